The lowest BCUT2D eigenvalue weighted by Gasteiger charge is -2.33. The maximum absolute atomic E-state index is 13.8. The van der Waals surface area contributed by atoms with Crippen LogP contribution in [0.25, 0.3) is 0 Å². The molecule has 4 rings (SSSR count). The summed E-state index contributed by atoms with van der Waals surface area (Å²) in [5.74, 6) is -0.889. The van der Waals surface area contributed by atoms with Crippen molar-refractivity contribution in [1.29, 1.82) is 0 Å². The molecule has 0 aromatic heterocycles. The number of carbonyl (C=O) groups is 1. The van der Waals surface area contributed by atoms with Crippen LogP contribution in [0.4, 0.5) is 8.78 Å². The molecule has 29 heavy (non-hydrogen) atoms. The highest BCUT2D eigenvalue weighted by molar-refractivity contribution is 5.79. The van der Waals surface area contributed by atoms with Crippen molar-refractivity contribution in [2.75, 3.05) is 26.3 Å². The summed E-state index contributed by atoms with van der Waals surface area (Å²) < 4.78 is 39.3. The molecule has 1 saturated heterocycles. The van der Waals surface area contributed by atoms with E-state index in [2.05, 4.69) is 12.1 Å². The predicted octanol–water partition coefficient (Wildman–Crippen LogP) is 3.69. The minimum atomic E-state index is -0.695. The summed E-state index contributed by atoms with van der Waals surface area (Å²) in [6.45, 7) is 1.46. The van der Waals surface area contributed by atoms with Crippen molar-refractivity contribution < 1.29 is 23.0 Å². The minimum Gasteiger partial charge on any atom is -0.491 e. The second-order valence-electron chi connectivity index (χ2n) is 7.66. The standard InChI is InChI=1S/C23H25F2NO3/c24-21-6-3-7-22(25)20(21)13-23(27)26-10-11-28-19(14-26)15-29-18-9-8-16-4-1-2-5-17(16)12-18/h3,6-9,12,19H,1-2,4-5,10-11,13-15H2/t19-/m1/s1. The Morgan fingerprint density at radius 2 is 1.86 bits per heavy atom. The number of rotatable bonds is 5. The molecule has 1 aliphatic heterocycles. The molecule has 0 spiro atoms. The molecule has 2 aromatic rings. The van der Waals surface area contributed by atoms with Gasteiger partial charge in [-0.2, -0.15) is 0 Å². The van der Waals surface area contributed by atoms with Crippen LogP contribution in [0, 0.1) is 11.6 Å². The maximum atomic E-state index is 13.8. The maximum Gasteiger partial charge on any atom is 0.227 e. The quantitative estimate of drug-likeness (QED) is 0.767. The first kappa shape index (κ1) is 19.8. The van der Waals surface area contributed by atoms with E-state index in [4.69, 9.17) is 9.47 Å². The van der Waals surface area contributed by atoms with Crippen molar-refractivity contribution in [1.82, 2.24) is 4.90 Å². The molecule has 0 bridgehead atoms. The van der Waals surface area contributed by atoms with Crippen LogP contribution in [0.1, 0.15) is 29.5 Å². The third-order valence-electron chi connectivity index (χ3n) is 5.64. The van der Waals surface area contributed by atoms with E-state index in [0.717, 1.165) is 18.6 Å². The molecule has 1 fully saturated rings. The Balaban J connectivity index is 1.33. The molecule has 1 heterocycles. The van der Waals surface area contributed by atoms with Gasteiger partial charge in [0.2, 0.25) is 5.91 Å². The lowest BCUT2D eigenvalue weighted by atomic mass is 9.92. The van der Waals surface area contributed by atoms with Crippen molar-refractivity contribution >= 4 is 5.91 Å². The molecular formula is C23H25F2NO3. The molecule has 2 aliphatic rings. The van der Waals surface area contributed by atoms with Gasteiger partial charge >= 0.3 is 0 Å². The topological polar surface area (TPSA) is 38.8 Å². The lowest BCUT2D eigenvalue weighted by Crippen LogP contribution is -2.48. The third-order valence-corrected chi connectivity index (χ3v) is 5.64. The zero-order valence-corrected chi connectivity index (χ0v) is 16.3. The van der Waals surface area contributed by atoms with Gasteiger partial charge in [-0.05, 0) is 61.1 Å². The van der Waals surface area contributed by atoms with E-state index in [-0.39, 0.29) is 24.0 Å². The van der Waals surface area contributed by atoms with Gasteiger partial charge in [0.25, 0.3) is 0 Å². The number of amides is 1. The molecule has 6 heteroatoms. The molecule has 0 saturated carbocycles. The zero-order valence-electron chi connectivity index (χ0n) is 16.3. The Morgan fingerprint density at radius 3 is 2.66 bits per heavy atom. The second-order valence-corrected chi connectivity index (χ2v) is 7.66. The van der Waals surface area contributed by atoms with Crippen LogP contribution in [0.2, 0.25) is 0 Å². The first-order valence-electron chi connectivity index (χ1n) is 10.2. The number of ether oxygens (including phenoxy) is 2. The average Bonchev–Trinajstić information content (AvgIpc) is 2.75. The third kappa shape index (κ3) is 4.75. The summed E-state index contributed by atoms with van der Waals surface area (Å²) in [6, 6.07) is 9.84. The minimum absolute atomic E-state index is 0.189. The lowest BCUT2D eigenvalue weighted by molar-refractivity contribution is -0.139. The van der Waals surface area contributed by atoms with Gasteiger partial charge in [0.05, 0.1) is 19.6 Å². The molecular weight excluding hydrogens is 376 g/mol. The first-order valence-corrected chi connectivity index (χ1v) is 10.2. The first-order chi connectivity index (χ1) is 14.1. The van der Waals surface area contributed by atoms with Crippen LogP contribution in [-0.4, -0.2) is 43.2 Å². The van der Waals surface area contributed by atoms with Gasteiger partial charge in [-0.15, -0.1) is 0 Å². The van der Waals surface area contributed by atoms with Crippen LogP contribution >= 0.6 is 0 Å². The monoisotopic (exact) mass is 401 g/mol. The van der Waals surface area contributed by atoms with E-state index in [1.807, 2.05) is 6.07 Å². The summed E-state index contributed by atoms with van der Waals surface area (Å²) in [5.41, 5.74) is 2.56. The van der Waals surface area contributed by atoms with Crippen molar-refractivity contribution in [2.24, 2.45) is 0 Å². The number of carbonyl (C=O) groups excluding carboxylic acids is 1. The van der Waals surface area contributed by atoms with Gasteiger partial charge in [0.15, 0.2) is 0 Å². The highest BCUT2D eigenvalue weighted by atomic mass is 19.1. The van der Waals surface area contributed by atoms with Crippen LogP contribution in [0.3, 0.4) is 0 Å². The fourth-order valence-corrected chi connectivity index (χ4v) is 4.00. The fourth-order valence-electron chi connectivity index (χ4n) is 4.00. The van der Waals surface area contributed by atoms with Crippen LogP contribution in [0.5, 0.6) is 5.75 Å². The summed E-state index contributed by atoms with van der Waals surface area (Å²) >= 11 is 0. The van der Waals surface area contributed by atoms with Gasteiger partial charge in [0.1, 0.15) is 30.1 Å². The van der Waals surface area contributed by atoms with E-state index in [9.17, 15) is 13.6 Å². The van der Waals surface area contributed by atoms with E-state index in [0.29, 0.717) is 26.3 Å². The SMILES string of the molecule is O=C(Cc1c(F)cccc1F)N1CCO[C@@H](COc2ccc3c(c2)CCCC3)C1. The smallest absolute Gasteiger partial charge is 0.227 e. The van der Waals surface area contributed by atoms with Gasteiger partial charge < -0.3 is 14.4 Å². The van der Waals surface area contributed by atoms with E-state index in [1.165, 1.54) is 42.2 Å². The van der Waals surface area contributed by atoms with Gasteiger partial charge in [-0.25, -0.2) is 8.78 Å². The van der Waals surface area contributed by atoms with E-state index >= 15 is 0 Å². The number of nitrogens with zero attached hydrogens (tertiary/aromatic N) is 1. The highest BCUT2D eigenvalue weighted by Gasteiger charge is 2.26. The Hall–Kier alpha value is -2.47. The van der Waals surface area contributed by atoms with Crippen molar-refractivity contribution in [3.8, 4) is 5.75 Å². The Kier molecular flexibility index (Phi) is 6.09. The summed E-state index contributed by atoms with van der Waals surface area (Å²) in [6.07, 6.45) is 4.10. The molecule has 0 radical (unpaired) electrons. The number of halogens is 2. The Bertz CT molecular complexity index is 866. The number of fused-ring (bicyclic) bond motifs is 1. The van der Waals surface area contributed by atoms with E-state index in [1.54, 1.807) is 4.90 Å². The second kappa shape index (κ2) is 8.91. The number of morpholine rings is 1. The van der Waals surface area contributed by atoms with Crippen molar-refractivity contribution in [2.45, 2.75) is 38.2 Å². The normalized spacial score (nSPS) is 19.0. The Morgan fingerprint density at radius 1 is 1.10 bits per heavy atom. The van der Waals surface area contributed by atoms with Gasteiger partial charge in [-0.3, -0.25) is 4.79 Å². The molecule has 4 nitrogen and oxygen atoms in total. The van der Waals surface area contributed by atoms with Crippen LogP contribution in [-0.2, 0) is 28.8 Å². The highest BCUT2D eigenvalue weighted by Crippen LogP contribution is 2.25. The van der Waals surface area contributed by atoms with Gasteiger partial charge in [0, 0.05) is 12.1 Å². The number of benzene rings is 2. The Labute approximate surface area is 169 Å². The molecule has 1 atom stereocenters. The largest absolute Gasteiger partial charge is 0.491 e. The molecule has 0 unspecified atom stereocenters. The molecule has 154 valence electrons. The molecule has 1 amide bonds. The zero-order chi connectivity index (χ0) is 20.2. The molecule has 0 N–H and O–H groups in total. The van der Waals surface area contributed by atoms with E-state index < -0.39 is 11.6 Å². The summed E-state index contributed by atoms with van der Waals surface area (Å²) in [5, 5.41) is 0. The molecule has 2 aromatic carbocycles. The van der Waals surface area contributed by atoms with Crippen molar-refractivity contribution in [3.63, 3.8) is 0 Å². The van der Waals surface area contributed by atoms with Crippen molar-refractivity contribution in [3.05, 3.63) is 64.7 Å². The summed E-state index contributed by atoms with van der Waals surface area (Å²) in [4.78, 5) is 14.1. The number of hydrogen-bond acceptors (Lipinski definition) is 3. The fraction of sp³-hybridized carbons (Fsp3) is 0.435. The predicted molar refractivity (Wildman–Crippen MR) is 105 cm³/mol. The number of hydrogen-bond donors (Lipinski definition) is 0. The van der Waals surface area contributed by atoms with Crippen LogP contribution in [0.15, 0.2) is 36.4 Å². The number of aryl methyl sites for hydroxylation is 2. The average molecular weight is 401 g/mol. The summed E-state index contributed by atoms with van der Waals surface area (Å²) in [7, 11) is 0. The van der Waals surface area contributed by atoms with Gasteiger partial charge in [-0.1, -0.05) is 12.1 Å². The molecule has 1 aliphatic carbocycles. The van der Waals surface area contributed by atoms with Crippen LogP contribution < -0.4 is 4.74 Å².